The van der Waals surface area contributed by atoms with E-state index in [1.165, 1.54) is 0 Å². The van der Waals surface area contributed by atoms with Gasteiger partial charge in [0.2, 0.25) is 0 Å². The summed E-state index contributed by atoms with van der Waals surface area (Å²) in [5.74, 6) is -5.33. The molecule has 0 aromatic heterocycles. The molecular formula is C34H46F2N2O3. The SMILES string of the molecule is CC1(C)CC[C@]2(NC(=O)C(C)(F)F)CC[C@]3(C)C(C(=O)C=C4[C@@]5(C)[C@H]6C[C@@]6(C#N)C(=O)C(C)(C)[C@@H]5CC[C@]43C)C2C1. The van der Waals surface area contributed by atoms with Crippen LogP contribution in [0.1, 0.15) is 107 Å². The van der Waals surface area contributed by atoms with E-state index >= 15 is 0 Å². The molecule has 1 amide bonds. The molecule has 5 nitrogen and oxygen atoms in total. The highest BCUT2D eigenvalue weighted by atomic mass is 19.3. The molecule has 0 aromatic rings. The molecule has 0 bridgehead atoms. The molecule has 9 atom stereocenters. The smallest absolute Gasteiger partial charge is 0.321 e. The number of hydrogen-bond donors (Lipinski definition) is 1. The van der Waals surface area contributed by atoms with Crippen LogP contribution in [0.2, 0.25) is 0 Å². The second-order valence-electron chi connectivity index (χ2n) is 16.9. The highest BCUT2D eigenvalue weighted by Crippen LogP contribution is 2.81. The second-order valence-corrected chi connectivity index (χ2v) is 16.9. The molecule has 0 aromatic carbocycles. The van der Waals surface area contributed by atoms with Crippen LogP contribution in [-0.2, 0) is 14.4 Å². The molecule has 5 fully saturated rings. The minimum Gasteiger partial charge on any atom is -0.345 e. The van der Waals surface area contributed by atoms with E-state index in [1.54, 1.807) is 0 Å². The molecule has 224 valence electrons. The summed E-state index contributed by atoms with van der Waals surface area (Å²) in [5, 5.41) is 13.1. The van der Waals surface area contributed by atoms with Gasteiger partial charge in [0, 0.05) is 23.8 Å². The van der Waals surface area contributed by atoms with Crippen molar-refractivity contribution in [3.05, 3.63) is 11.6 Å². The van der Waals surface area contributed by atoms with Crippen LogP contribution in [0.5, 0.6) is 0 Å². The summed E-state index contributed by atoms with van der Waals surface area (Å²) in [6, 6.07) is 2.42. The maximum absolute atomic E-state index is 14.6. The Balaban J connectivity index is 1.49. The minimum atomic E-state index is -3.49. The maximum Gasteiger partial charge on any atom is 0.321 e. The standard InChI is InChI=1S/C34H46F2N2O3/c1-27(2)11-13-34(38-26(41)32(8,35)36)14-12-30(6)24(19(34)16-27)20(39)15-22-29(30,5)10-9-21-28(3,4)25(40)33(18-37)17-23(33)31(21,22)7/h15,19,21,23-24H,9-14,16-17H2,1-8H3,(H,38,41)/t19?,21-,23+,24?,29+,30+,31-,33-,34-/m0/s1. The number of nitrogens with zero attached hydrogens (tertiary/aromatic N) is 1. The molecule has 7 heteroatoms. The van der Waals surface area contributed by atoms with E-state index in [4.69, 9.17) is 0 Å². The zero-order chi connectivity index (χ0) is 30.4. The molecular weight excluding hydrogens is 522 g/mol. The van der Waals surface area contributed by atoms with Gasteiger partial charge in [-0.15, -0.1) is 0 Å². The molecule has 0 saturated heterocycles. The lowest BCUT2D eigenvalue weighted by Crippen LogP contribution is -2.70. The van der Waals surface area contributed by atoms with Crippen molar-refractivity contribution in [3.8, 4) is 6.07 Å². The van der Waals surface area contributed by atoms with Crippen molar-refractivity contribution in [1.82, 2.24) is 5.32 Å². The van der Waals surface area contributed by atoms with Crippen molar-refractivity contribution >= 4 is 17.5 Å². The van der Waals surface area contributed by atoms with Gasteiger partial charge in [-0.2, -0.15) is 14.0 Å². The van der Waals surface area contributed by atoms with Gasteiger partial charge < -0.3 is 5.32 Å². The normalized spacial score (nSPS) is 49.1. The average Bonchev–Trinajstić information content (AvgIpc) is 3.62. The molecule has 6 aliphatic rings. The number of alkyl halides is 2. The van der Waals surface area contributed by atoms with Gasteiger partial charge in [-0.25, -0.2) is 0 Å². The molecule has 2 unspecified atom stereocenters. The fourth-order valence-electron chi connectivity index (χ4n) is 11.6. The summed E-state index contributed by atoms with van der Waals surface area (Å²) >= 11 is 0. The van der Waals surface area contributed by atoms with Gasteiger partial charge in [-0.1, -0.05) is 54.0 Å². The second kappa shape index (κ2) is 7.88. The van der Waals surface area contributed by atoms with Crippen LogP contribution in [0.25, 0.3) is 0 Å². The number of hydrogen-bond acceptors (Lipinski definition) is 4. The highest BCUT2D eigenvalue weighted by Gasteiger charge is 2.80. The van der Waals surface area contributed by atoms with Gasteiger partial charge in [-0.05, 0) is 96.9 Å². The first kappa shape index (κ1) is 29.0. The average molecular weight is 569 g/mol. The van der Waals surface area contributed by atoms with E-state index in [9.17, 15) is 28.4 Å². The monoisotopic (exact) mass is 568 g/mol. The first-order chi connectivity index (χ1) is 18.7. The molecule has 6 rings (SSSR count). The van der Waals surface area contributed by atoms with Gasteiger partial charge >= 0.3 is 5.92 Å². The van der Waals surface area contributed by atoms with Crippen LogP contribution in [0.4, 0.5) is 8.78 Å². The van der Waals surface area contributed by atoms with Crippen molar-refractivity contribution in [2.24, 2.45) is 56.2 Å². The number of allylic oxidation sites excluding steroid dienone is 2. The summed E-state index contributed by atoms with van der Waals surface area (Å²) in [6.45, 7) is 15.7. The fourth-order valence-corrected chi connectivity index (χ4v) is 11.6. The van der Waals surface area contributed by atoms with E-state index in [-0.39, 0.29) is 40.2 Å². The number of fused-ring (bicyclic) bond motifs is 9. The summed E-state index contributed by atoms with van der Waals surface area (Å²) < 4.78 is 28.4. The maximum atomic E-state index is 14.6. The van der Waals surface area contributed by atoms with Crippen LogP contribution < -0.4 is 5.32 Å². The third-order valence-electron chi connectivity index (χ3n) is 14.1. The van der Waals surface area contributed by atoms with Gasteiger partial charge in [0.25, 0.3) is 5.91 Å². The molecule has 0 spiro atoms. The van der Waals surface area contributed by atoms with Gasteiger partial charge in [-0.3, -0.25) is 14.4 Å². The van der Waals surface area contributed by atoms with Crippen LogP contribution in [0.15, 0.2) is 11.6 Å². The van der Waals surface area contributed by atoms with E-state index in [2.05, 4.69) is 46.0 Å². The van der Waals surface area contributed by atoms with Crippen molar-refractivity contribution in [1.29, 1.82) is 5.26 Å². The Bertz CT molecular complexity index is 1340. The highest BCUT2D eigenvalue weighted by molar-refractivity contribution is 5.99. The first-order valence-corrected chi connectivity index (χ1v) is 15.6. The van der Waals surface area contributed by atoms with Crippen molar-refractivity contribution in [3.63, 3.8) is 0 Å². The van der Waals surface area contributed by atoms with Crippen LogP contribution in [-0.4, -0.2) is 28.9 Å². The van der Waals surface area contributed by atoms with Crippen LogP contribution in [0.3, 0.4) is 0 Å². The molecule has 0 heterocycles. The molecule has 41 heavy (non-hydrogen) atoms. The number of rotatable bonds is 2. The number of ketones is 2. The Morgan fingerprint density at radius 2 is 1.61 bits per heavy atom. The van der Waals surface area contributed by atoms with Gasteiger partial charge in [0.1, 0.15) is 5.41 Å². The van der Waals surface area contributed by atoms with Crippen molar-refractivity contribution in [2.75, 3.05) is 0 Å². The Morgan fingerprint density at radius 3 is 2.22 bits per heavy atom. The lowest BCUT2D eigenvalue weighted by atomic mass is 9.34. The molecule has 0 radical (unpaired) electrons. The zero-order valence-electron chi connectivity index (χ0n) is 26.0. The number of carbonyl (C=O) groups is 3. The van der Waals surface area contributed by atoms with Gasteiger partial charge in [0.15, 0.2) is 11.6 Å². The number of Topliss-reactive ketones (excluding diaryl/α,β-unsaturated/α-hetero) is 1. The quantitative estimate of drug-likeness (QED) is 0.396. The number of nitrogens with one attached hydrogen (secondary N) is 1. The summed E-state index contributed by atoms with van der Waals surface area (Å²) in [6.07, 6.45) is 7.40. The Labute approximate surface area is 243 Å². The summed E-state index contributed by atoms with van der Waals surface area (Å²) in [7, 11) is 0. The molecule has 0 aliphatic heterocycles. The predicted octanol–water partition coefficient (Wildman–Crippen LogP) is 6.81. The Kier molecular flexibility index (Phi) is 5.58. The van der Waals surface area contributed by atoms with Crippen molar-refractivity contribution < 1.29 is 23.2 Å². The van der Waals surface area contributed by atoms with Crippen molar-refractivity contribution in [2.45, 2.75) is 118 Å². The van der Waals surface area contributed by atoms with E-state index < -0.39 is 44.9 Å². The minimum absolute atomic E-state index is 0.0315. The summed E-state index contributed by atoms with van der Waals surface area (Å²) in [5.41, 5.74) is -2.65. The van der Waals surface area contributed by atoms with Crippen LogP contribution >= 0.6 is 0 Å². The predicted molar refractivity (Wildman–Crippen MR) is 150 cm³/mol. The molecule has 6 aliphatic carbocycles. The summed E-state index contributed by atoms with van der Waals surface area (Å²) in [4.78, 5) is 40.9. The zero-order valence-corrected chi connectivity index (χ0v) is 26.0. The molecule has 5 saturated carbocycles. The topological polar surface area (TPSA) is 87.0 Å². The van der Waals surface area contributed by atoms with E-state index in [1.807, 2.05) is 19.9 Å². The van der Waals surface area contributed by atoms with E-state index in [0.717, 1.165) is 24.8 Å². The lowest BCUT2D eigenvalue weighted by molar-refractivity contribution is -0.174. The van der Waals surface area contributed by atoms with Gasteiger partial charge in [0.05, 0.1) is 6.07 Å². The number of nitriles is 1. The number of halogens is 2. The molecule has 1 N–H and O–H groups in total. The third-order valence-corrected chi connectivity index (χ3v) is 14.1. The Hall–Kier alpha value is -2.10. The first-order valence-electron chi connectivity index (χ1n) is 15.6. The fraction of sp³-hybridized carbons (Fsp3) is 0.824. The lowest BCUT2D eigenvalue weighted by Gasteiger charge is -2.70. The number of carbonyl (C=O) groups excluding carboxylic acids is 3. The largest absolute Gasteiger partial charge is 0.345 e. The van der Waals surface area contributed by atoms with E-state index in [0.29, 0.717) is 39.0 Å². The Morgan fingerprint density at radius 1 is 0.976 bits per heavy atom. The third kappa shape index (κ3) is 3.34. The van der Waals surface area contributed by atoms with Crippen LogP contribution in [0, 0.1) is 67.5 Å². The number of amides is 1.